The van der Waals surface area contributed by atoms with Crippen LogP contribution in [-0.2, 0) is 10.2 Å². The molecule has 2 aliphatic heterocycles. The molecule has 3 heterocycles. The Morgan fingerprint density at radius 2 is 1.74 bits per heavy atom. The van der Waals surface area contributed by atoms with Gasteiger partial charge in [-0.2, -0.15) is 9.78 Å². The molecular weight excluding hydrogens is 475 g/mol. The first kappa shape index (κ1) is 22.9. The number of carbonyl (C=O) groups excluding carboxylic acids is 1. The van der Waals surface area contributed by atoms with Crippen LogP contribution >= 0.6 is 23.4 Å². The Balaban J connectivity index is 1.35. The van der Waals surface area contributed by atoms with Gasteiger partial charge in [-0.15, -0.1) is 10.2 Å². The van der Waals surface area contributed by atoms with Gasteiger partial charge in [0.05, 0.1) is 16.9 Å². The third-order valence-corrected chi connectivity index (χ3v) is 7.49. The minimum absolute atomic E-state index is 0.102. The number of para-hydroxylation sites is 1. The van der Waals surface area contributed by atoms with E-state index >= 15 is 0 Å². The molecular formula is C24H24ClFN6OS. The molecule has 0 atom stereocenters. The minimum Gasteiger partial charge on any atom is -0.366 e. The van der Waals surface area contributed by atoms with Gasteiger partial charge in [0.1, 0.15) is 11.5 Å². The molecule has 5 rings (SSSR count). The molecule has 0 aliphatic carbocycles. The molecule has 34 heavy (non-hydrogen) atoms. The van der Waals surface area contributed by atoms with Crippen molar-refractivity contribution in [3.05, 3.63) is 70.8 Å². The van der Waals surface area contributed by atoms with E-state index in [9.17, 15) is 9.18 Å². The smallest absolute Gasteiger partial charge is 0.271 e. The molecule has 1 saturated heterocycles. The maximum atomic E-state index is 14.1. The van der Waals surface area contributed by atoms with Crippen LogP contribution in [0.25, 0.3) is 0 Å². The Hall–Kier alpha value is -2.91. The summed E-state index contributed by atoms with van der Waals surface area (Å²) in [6.45, 7) is 6.25. The fraction of sp³-hybridized carbons (Fsp3) is 0.333. The highest BCUT2D eigenvalue weighted by atomic mass is 35.5. The zero-order valence-corrected chi connectivity index (χ0v) is 20.5. The predicted molar refractivity (Wildman–Crippen MR) is 132 cm³/mol. The fourth-order valence-corrected chi connectivity index (χ4v) is 5.18. The summed E-state index contributed by atoms with van der Waals surface area (Å²) in [6, 6.07) is 14.4. The number of nitrogens with zero attached hydrogens (tertiary/aromatic N) is 6. The zero-order valence-electron chi connectivity index (χ0n) is 18.9. The highest BCUT2D eigenvalue weighted by Crippen LogP contribution is 2.34. The number of hydrogen-bond donors (Lipinski definition) is 0. The highest BCUT2D eigenvalue weighted by molar-refractivity contribution is 8.00. The lowest BCUT2D eigenvalue weighted by Crippen LogP contribution is -2.51. The maximum Gasteiger partial charge on any atom is 0.271 e. The van der Waals surface area contributed by atoms with Crippen molar-refractivity contribution in [2.45, 2.75) is 24.4 Å². The zero-order chi connectivity index (χ0) is 23.9. The number of fused-ring (bicyclic) bond motifs is 1. The van der Waals surface area contributed by atoms with Crippen LogP contribution in [0.4, 0.5) is 10.1 Å². The van der Waals surface area contributed by atoms with E-state index in [0.717, 1.165) is 5.56 Å². The average molecular weight is 499 g/mol. The minimum atomic E-state index is -0.489. The van der Waals surface area contributed by atoms with Crippen molar-refractivity contribution in [1.82, 2.24) is 19.8 Å². The van der Waals surface area contributed by atoms with Crippen molar-refractivity contribution >= 4 is 40.7 Å². The lowest BCUT2D eigenvalue weighted by atomic mass is 9.84. The molecule has 2 aromatic carbocycles. The lowest BCUT2D eigenvalue weighted by molar-refractivity contribution is -0.124. The van der Waals surface area contributed by atoms with Gasteiger partial charge < -0.3 is 9.80 Å². The van der Waals surface area contributed by atoms with Crippen LogP contribution in [0, 0.1) is 5.82 Å². The Bertz CT molecular complexity index is 1250. The van der Waals surface area contributed by atoms with E-state index in [1.165, 1.54) is 17.8 Å². The largest absolute Gasteiger partial charge is 0.366 e. The SMILES string of the molecule is CC(C)(c1ccc(Cl)cc1)c1nnc2n1N=C(C(=O)N1CCN(c3ccccc3F)CC1)CS2. The summed E-state index contributed by atoms with van der Waals surface area (Å²) in [7, 11) is 0. The number of piperazine rings is 1. The van der Waals surface area contributed by atoms with E-state index in [1.807, 2.05) is 49.1 Å². The number of halogens is 2. The van der Waals surface area contributed by atoms with Crippen molar-refractivity contribution in [2.24, 2.45) is 5.10 Å². The number of amides is 1. The second-order valence-electron chi connectivity index (χ2n) is 8.82. The summed E-state index contributed by atoms with van der Waals surface area (Å²) in [5, 5.41) is 14.7. The van der Waals surface area contributed by atoms with E-state index in [1.54, 1.807) is 21.7 Å². The average Bonchev–Trinajstić information content (AvgIpc) is 3.28. The van der Waals surface area contributed by atoms with Crippen LogP contribution in [0.15, 0.2) is 58.8 Å². The molecule has 1 aromatic heterocycles. The van der Waals surface area contributed by atoms with Crippen LogP contribution in [-0.4, -0.2) is 63.3 Å². The van der Waals surface area contributed by atoms with Crippen molar-refractivity contribution < 1.29 is 9.18 Å². The van der Waals surface area contributed by atoms with Gasteiger partial charge in [-0.3, -0.25) is 4.79 Å². The molecule has 7 nitrogen and oxygen atoms in total. The van der Waals surface area contributed by atoms with Crippen LogP contribution in [0.3, 0.4) is 0 Å². The molecule has 0 unspecified atom stereocenters. The molecule has 1 amide bonds. The van der Waals surface area contributed by atoms with Crippen molar-refractivity contribution in [3.63, 3.8) is 0 Å². The van der Waals surface area contributed by atoms with Crippen LogP contribution in [0.2, 0.25) is 5.02 Å². The molecule has 10 heteroatoms. The lowest BCUT2D eigenvalue weighted by Gasteiger charge is -2.36. The number of aromatic nitrogens is 3. The summed E-state index contributed by atoms with van der Waals surface area (Å²) in [5.74, 6) is 0.750. The summed E-state index contributed by atoms with van der Waals surface area (Å²) < 4.78 is 15.8. The Kier molecular flexibility index (Phi) is 6.07. The standard InChI is InChI=1S/C24H24ClFN6OS/c1-24(2,16-7-9-17(25)10-8-16)22-27-28-23-32(22)29-19(15-34-23)21(33)31-13-11-30(12-14-31)20-6-4-3-5-18(20)26/h3-10H,11-15H2,1-2H3. The third kappa shape index (κ3) is 4.18. The number of hydrogen-bond acceptors (Lipinski definition) is 6. The fourth-order valence-electron chi connectivity index (χ4n) is 4.26. The summed E-state index contributed by atoms with van der Waals surface area (Å²) >= 11 is 7.51. The molecule has 0 bridgehead atoms. The molecule has 0 spiro atoms. The second-order valence-corrected chi connectivity index (χ2v) is 10.2. The quantitative estimate of drug-likeness (QED) is 0.543. The van der Waals surface area contributed by atoms with Crippen LogP contribution in [0.5, 0.6) is 0 Å². The molecule has 176 valence electrons. The Labute approximate surface area is 206 Å². The topological polar surface area (TPSA) is 66.6 Å². The molecule has 0 radical (unpaired) electrons. The molecule has 0 saturated carbocycles. The van der Waals surface area contributed by atoms with E-state index in [-0.39, 0.29) is 11.7 Å². The number of rotatable bonds is 4. The summed E-state index contributed by atoms with van der Waals surface area (Å²) in [6.07, 6.45) is 0. The van der Waals surface area contributed by atoms with Gasteiger partial charge in [-0.25, -0.2) is 4.39 Å². The third-order valence-electron chi connectivity index (χ3n) is 6.30. The molecule has 1 fully saturated rings. The van der Waals surface area contributed by atoms with Gasteiger partial charge >= 0.3 is 0 Å². The first-order valence-corrected chi connectivity index (χ1v) is 12.4. The van der Waals surface area contributed by atoms with Gasteiger partial charge in [0.15, 0.2) is 5.82 Å². The second kappa shape index (κ2) is 9.03. The normalized spacial score (nSPS) is 16.3. The first-order valence-electron chi connectivity index (χ1n) is 11.1. The van der Waals surface area contributed by atoms with Gasteiger partial charge in [0, 0.05) is 31.2 Å². The highest BCUT2D eigenvalue weighted by Gasteiger charge is 2.34. The van der Waals surface area contributed by atoms with Gasteiger partial charge in [-0.05, 0) is 43.7 Å². The van der Waals surface area contributed by atoms with Crippen molar-refractivity contribution in [2.75, 3.05) is 36.8 Å². The monoisotopic (exact) mass is 498 g/mol. The van der Waals surface area contributed by atoms with Crippen molar-refractivity contribution in [3.8, 4) is 0 Å². The predicted octanol–water partition coefficient (Wildman–Crippen LogP) is 4.06. The Morgan fingerprint density at radius 3 is 2.44 bits per heavy atom. The number of benzene rings is 2. The first-order chi connectivity index (χ1) is 16.3. The summed E-state index contributed by atoms with van der Waals surface area (Å²) in [5.41, 5.74) is 1.57. The summed E-state index contributed by atoms with van der Waals surface area (Å²) in [4.78, 5) is 17.0. The number of thioether (sulfide) groups is 1. The van der Waals surface area contributed by atoms with E-state index in [0.29, 0.717) is 59.3 Å². The Morgan fingerprint density at radius 1 is 1.03 bits per heavy atom. The van der Waals surface area contributed by atoms with Gasteiger partial charge in [0.2, 0.25) is 5.16 Å². The van der Waals surface area contributed by atoms with E-state index in [4.69, 9.17) is 11.6 Å². The molecule has 2 aliphatic rings. The van der Waals surface area contributed by atoms with E-state index < -0.39 is 5.41 Å². The number of anilines is 1. The maximum absolute atomic E-state index is 14.1. The molecule has 0 N–H and O–H groups in total. The molecule has 3 aromatic rings. The van der Waals surface area contributed by atoms with Crippen molar-refractivity contribution in [1.29, 1.82) is 0 Å². The van der Waals surface area contributed by atoms with Crippen LogP contribution in [0.1, 0.15) is 25.2 Å². The van der Waals surface area contributed by atoms with Gasteiger partial charge in [0.25, 0.3) is 5.91 Å². The van der Waals surface area contributed by atoms with Crippen LogP contribution < -0.4 is 4.90 Å². The number of carbonyl (C=O) groups is 1. The van der Waals surface area contributed by atoms with Gasteiger partial charge in [-0.1, -0.05) is 47.6 Å². The van der Waals surface area contributed by atoms with E-state index in [2.05, 4.69) is 15.3 Å².